The van der Waals surface area contributed by atoms with Crippen molar-refractivity contribution in [2.24, 2.45) is 0 Å². The zero-order valence-corrected chi connectivity index (χ0v) is 17.9. The number of aryl methyl sites for hydroxylation is 1. The summed E-state index contributed by atoms with van der Waals surface area (Å²) >= 11 is 5.86. The predicted molar refractivity (Wildman–Crippen MR) is 124 cm³/mol. The molecule has 3 aromatic heterocycles. The van der Waals surface area contributed by atoms with Crippen molar-refractivity contribution in [2.75, 3.05) is 0 Å². The maximum Gasteiger partial charge on any atom is 0.251 e. The Balaban J connectivity index is 1.51. The normalized spacial score (nSPS) is 11.2. The summed E-state index contributed by atoms with van der Waals surface area (Å²) in [4.78, 5) is 17.0. The molecule has 0 aliphatic heterocycles. The van der Waals surface area contributed by atoms with Gasteiger partial charge in [-0.1, -0.05) is 29.8 Å². The van der Waals surface area contributed by atoms with E-state index in [0.717, 1.165) is 39.0 Å². The third-order valence-corrected chi connectivity index (χ3v) is 5.73. The fourth-order valence-corrected chi connectivity index (χ4v) is 3.97. The summed E-state index contributed by atoms with van der Waals surface area (Å²) in [5, 5.41) is 8.53. The Morgan fingerprint density at radius 3 is 2.69 bits per heavy atom. The van der Waals surface area contributed by atoms with E-state index in [9.17, 15) is 9.18 Å². The molecule has 0 fully saturated rings. The number of pyridine rings is 2. The molecule has 0 aliphatic carbocycles. The van der Waals surface area contributed by atoms with Crippen LogP contribution >= 0.6 is 11.6 Å². The summed E-state index contributed by atoms with van der Waals surface area (Å²) in [6.07, 6.45) is 3.43. The van der Waals surface area contributed by atoms with E-state index in [1.54, 1.807) is 30.6 Å². The van der Waals surface area contributed by atoms with Gasteiger partial charge in [-0.05, 0) is 54.4 Å². The maximum absolute atomic E-state index is 14.2. The number of benzene rings is 2. The molecule has 5 rings (SSSR count). The van der Waals surface area contributed by atoms with Crippen molar-refractivity contribution < 1.29 is 4.39 Å². The Morgan fingerprint density at radius 2 is 1.88 bits per heavy atom. The topological polar surface area (TPSA) is 63.6 Å². The summed E-state index contributed by atoms with van der Waals surface area (Å²) in [5.41, 5.74) is 5.43. The van der Waals surface area contributed by atoms with Crippen LogP contribution in [-0.4, -0.2) is 19.7 Å². The molecule has 5 aromatic rings. The fourth-order valence-electron chi connectivity index (χ4n) is 3.78. The molecule has 0 unspecified atom stereocenters. The second-order valence-corrected chi connectivity index (χ2v) is 8.02. The molecule has 0 aliphatic rings. The highest BCUT2D eigenvalue weighted by atomic mass is 35.5. The minimum Gasteiger partial charge on any atom is -0.311 e. The van der Waals surface area contributed by atoms with E-state index in [4.69, 9.17) is 11.6 Å². The monoisotopic (exact) mass is 444 g/mol. The predicted octanol–water partition coefficient (Wildman–Crippen LogP) is 5.60. The number of hydrogen-bond donors (Lipinski definition) is 1. The van der Waals surface area contributed by atoms with Gasteiger partial charge >= 0.3 is 0 Å². The number of H-pyrrole nitrogens is 1. The first-order chi connectivity index (χ1) is 15.5. The fraction of sp³-hybridized carbons (Fsp3) is 0.0800. The number of halogens is 2. The molecule has 5 nitrogen and oxygen atoms in total. The van der Waals surface area contributed by atoms with Gasteiger partial charge < -0.3 is 4.57 Å². The van der Waals surface area contributed by atoms with Crippen LogP contribution in [0.4, 0.5) is 4.39 Å². The van der Waals surface area contributed by atoms with Crippen molar-refractivity contribution in [1.82, 2.24) is 19.7 Å². The van der Waals surface area contributed by atoms with Gasteiger partial charge in [0, 0.05) is 40.7 Å². The molecule has 0 bridgehead atoms. The van der Waals surface area contributed by atoms with Crippen molar-refractivity contribution in [2.45, 2.75) is 13.5 Å². The summed E-state index contributed by atoms with van der Waals surface area (Å²) in [5.74, 6) is -0.505. The summed E-state index contributed by atoms with van der Waals surface area (Å²) in [6, 6.07) is 18.0. The molecule has 158 valence electrons. The molecule has 0 atom stereocenters. The number of nitrogens with zero attached hydrogens (tertiary/aromatic N) is 3. The molecular formula is C25H18ClFN4O. The largest absolute Gasteiger partial charge is 0.311 e. The van der Waals surface area contributed by atoms with Crippen LogP contribution in [0.25, 0.3) is 33.3 Å². The van der Waals surface area contributed by atoms with Crippen LogP contribution < -0.4 is 5.56 Å². The van der Waals surface area contributed by atoms with Crippen LogP contribution in [0.5, 0.6) is 0 Å². The van der Waals surface area contributed by atoms with E-state index in [2.05, 4.69) is 15.2 Å². The standard InChI is InChI=1S/C25H18ClFN4O/c1-15-11-18(7-9-28-15)25-20-12-16(5-6-22(20)29-30-25)17-8-10-31(23(32)13-17)14-19-3-2-4-21(26)24(19)27/h2-13H,14H2,1H3,(H,29,30). The van der Waals surface area contributed by atoms with Crippen molar-refractivity contribution in [1.29, 1.82) is 0 Å². The van der Waals surface area contributed by atoms with Gasteiger partial charge in [-0.2, -0.15) is 5.10 Å². The molecule has 2 aromatic carbocycles. The van der Waals surface area contributed by atoms with Crippen LogP contribution in [0.3, 0.4) is 0 Å². The van der Waals surface area contributed by atoms with Crippen molar-refractivity contribution >= 4 is 22.5 Å². The molecule has 1 N–H and O–H groups in total. The van der Waals surface area contributed by atoms with Gasteiger partial charge in [-0.3, -0.25) is 14.9 Å². The van der Waals surface area contributed by atoms with E-state index < -0.39 is 5.82 Å². The van der Waals surface area contributed by atoms with E-state index in [1.807, 2.05) is 43.3 Å². The van der Waals surface area contributed by atoms with Gasteiger partial charge in [0.25, 0.3) is 5.56 Å². The lowest BCUT2D eigenvalue weighted by Gasteiger charge is -2.09. The minimum absolute atomic E-state index is 0.0424. The molecule has 32 heavy (non-hydrogen) atoms. The van der Waals surface area contributed by atoms with Gasteiger partial charge in [-0.25, -0.2) is 4.39 Å². The highest BCUT2D eigenvalue weighted by molar-refractivity contribution is 6.30. The molecule has 0 amide bonds. The van der Waals surface area contributed by atoms with Crippen LogP contribution in [0.1, 0.15) is 11.3 Å². The lowest BCUT2D eigenvalue weighted by atomic mass is 10.0. The molecular weight excluding hydrogens is 427 g/mol. The second-order valence-electron chi connectivity index (χ2n) is 7.61. The number of hydrogen-bond acceptors (Lipinski definition) is 3. The Morgan fingerprint density at radius 1 is 1.03 bits per heavy atom. The highest BCUT2D eigenvalue weighted by Gasteiger charge is 2.12. The lowest BCUT2D eigenvalue weighted by molar-refractivity contribution is 0.597. The minimum atomic E-state index is -0.505. The van der Waals surface area contributed by atoms with Crippen molar-refractivity contribution in [3.8, 4) is 22.4 Å². The smallest absolute Gasteiger partial charge is 0.251 e. The Hall–Kier alpha value is -3.77. The summed E-state index contributed by atoms with van der Waals surface area (Å²) < 4.78 is 15.7. The number of fused-ring (bicyclic) bond motifs is 1. The van der Waals surface area contributed by atoms with E-state index >= 15 is 0 Å². The second kappa shape index (κ2) is 8.05. The lowest BCUT2D eigenvalue weighted by Crippen LogP contribution is -2.19. The molecule has 7 heteroatoms. The average Bonchev–Trinajstić information content (AvgIpc) is 3.21. The Bertz CT molecular complexity index is 1520. The Labute approximate surface area is 188 Å². The van der Waals surface area contributed by atoms with Crippen molar-refractivity contribution in [3.63, 3.8) is 0 Å². The van der Waals surface area contributed by atoms with Crippen LogP contribution in [0.15, 0.2) is 77.9 Å². The average molecular weight is 445 g/mol. The first kappa shape index (κ1) is 20.2. The third-order valence-electron chi connectivity index (χ3n) is 5.43. The summed E-state index contributed by atoms with van der Waals surface area (Å²) in [7, 11) is 0. The van der Waals surface area contributed by atoms with E-state index in [-0.39, 0.29) is 17.1 Å². The molecule has 0 radical (unpaired) electrons. The van der Waals surface area contributed by atoms with Crippen molar-refractivity contribution in [3.05, 3.63) is 106 Å². The quantitative estimate of drug-likeness (QED) is 0.392. The third kappa shape index (κ3) is 3.69. The van der Waals surface area contributed by atoms with Crippen LogP contribution in [-0.2, 0) is 6.54 Å². The number of rotatable bonds is 4. The molecule has 0 spiro atoms. The van der Waals surface area contributed by atoms with Gasteiger partial charge in [0.1, 0.15) is 11.5 Å². The zero-order chi connectivity index (χ0) is 22.2. The van der Waals surface area contributed by atoms with E-state index in [0.29, 0.717) is 5.56 Å². The number of aromatic nitrogens is 4. The van der Waals surface area contributed by atoms with E-state index in [1.165, 1.54) is 10.6 Å². The molecule has 0 saturated heterocycles. The van der Waals surface area contributed by atoms with Crippen LogP contribution in [0.2, 0.25) is 5.02 Å². The first-order valence-corrected chi connectivity index (χ1v) is 10.4. The summed E-state index contributed by atoms with van der Waals surface area (Å²) in [6.45, 7) is 2.05. The van der Waals surface area contributed by atoms with Gasteiger partial charge in [0.15, 0.2) is 0 Å². The zero-order valence-electron chi connectivity index (χ0n) is 17.1. The molecule has 3 heterocycles. The van der Waals surface area contributed by atoms with Gasteiger partial charge in [0.2, 0.25) is 0 Å². The first-order valence-electron chi connectivity index (χ1n) is 10.0. The SMILES string of the molecule is Cc1cc(-c2n[nH]c3ccc(-c4ccn(Cc5cccc(Cl)c5F)c(=O)c4)cc23)ccn1. The number of nitrogens with one attached hydrogen (secondary N) is 1. The van der Waals surface area contributed by atoms with Gasteiger partial charge in [-0.15, -0.1) is 0 Å². The highest BCUT2D eigenvalue weighted by Crippen LogP contribution is 2.30. The molecule has 0 saturated carbocycles. The Kier molecular flexibility index (Phi) is 5.07. The maximum atomic E-state index is 14.2. The van der Waals surface area contributed by atoms with Crippen LogP contribution in [0, 0.1) is 12.7 Å². The number of aromatic amines is 1. The van der Waals surface area contributed by atoms with Gasteiger partial charge in [0.05, 0.1) is 17.1 Å².